The fourth-order valence-corrected chi connectivity index (χ4v) is 4.71. The molecule has 5 heteroatoms. The van der Waals surface area contributed by atoms with Crippen molar-refractivity contribution in [3.63, 3.8) is 0 Å². The van der Waals surface area contributed by atoms with Crippen LogP contribution in [0.1, 0.15) is 32.7 Å². The van der Waals surface area contributed by atoms with E-state index in [9.17, 15) is 10.4 Å². The Labute approximate surface area is 169 Å². The van der Waals surface area contributed by atoms with Gasteiger partial charge in [0, 0.05) is 36.3 Å². The molecule has 28 heavy (non-hydrogen) atoms. The molecule has 1 aliphatic heterocycles. The Kier molecular flexibility index (Phi) is 5.25. The van der Waals surface area contributed by atoms with E-state index in [0.29, 0.717) is 11.1 Å². The van der Waals surface area contributed by atoms with Crippen LogP contribution in [0.4, 0.5) is 5.00 Å². The summed E-state index contributed by atoms with van der Waals surface area (Å²) in [6.07, 6.45) is 2.52. The standard InChI is InChI=1S/C23H21N3OS/c1-16-7-8-21(27)18(11-16)13-25-23-20(12-24)19-9-10-26(15-22(19)28-23)14-17-5-3-2-4-6-17/h2-8,11,13,27H,9-10,14-15H2,1H3/b25-13+. The molecule has 2 aromatic carbocycles. The van der Waals surface area contributed by atoms with Crippen molar-refractivity contribution in [2.24, 2.45) is 4.99 Å². The van der Waals surface area contributed by atoms with Crippen molar-refractivity contribution in [1.29, 1.82) is 5.26 Å². The van der Waals surface area contributed by atoms with Crippen molar-refractivity contribution in [3.05, 3.63) is 81.2 Å². The molecule has 0 unspecified atom stereocenters. The number of nitrogens with zero attached hydrogens (tertiary/aromatic N) is 3. The van der Waals surface area contributed by atoms with Crippen LogP contribution in [0, 0.1) is 18.3 Å². The Hall–Kier alpha value is -2.94. The molecule has 0 radical (unpaired) electrons. The summed E-state index contributed by atoms with van der Waals surface area (Å²) in [5.74, 6) is 0.197. The van der Waals surface area contributed by atoms with Gasteiger partial charge in [-0.05, 0) is 36.6 Å². The van der Waals surface area contributed by atoms with Crippen LogP contribution in [-0.4, -0.2) is 22.8 Å². The quantitative estimate of drug-likeness (QED) is 0.645. The number of fused-ring (bicyclic) bond motifs is 1. The van der Waals surface area contributed by atoms with Crippen LogP contribution in [0.3, 0.4) is 0 Å². The van der Waals surface area contributed by atoms with Gasteiger partial charge in [0.05, 0.1) is 5.56 Å². The van der Waals surface area contributed by atoms with Crippen LogP contribution in [0.25, 0.3) is 0 Å². The lowest BCUT2D eigenvalue weighted by molar-refractivity contribution is 0.249. The van der Waals surface area contributed by atoms with Crippen LogP contribution in [0.15, 0.2) is 53.5 Å². The number of aromatic hydroxyl groups is 1. The Morgan fingerprint density at radius 1 is 1.25 bits per heavy atom. The molecule has 1 aliphatic rings. The minimum atomic E-state index is 0.197. The maximum absolute atomic E-state index is 10.0. The third-order valence-corrected chi connectivity index (χ3v) is 6.11. The first-order valence-corrected chi connectivity index (χ1v) is 10.1. The Morgan fingerprint density at radius 2 is 2.07 bits per heavy atom. The predicted molar refractivity (Wildman–Crippen MR) is 113 cm³/mol. The minimum Gasteiger partial charge on any atom is -0.507 e. The summed E-state index contributed by atoms with van der Waals surface area (Å²) in [6, 6.07) is 18.2. The number of hydrogen-bond donors (Lipinski definition) is 1. The molecular formula is C23H21N3OS. The van der Waals surface area contributed by atoms with E-state index in [1.54, 1.807) is 23.6 Å². The molecule has 2 heterocycles. The third kappa shape index (κ3) is 3.84. The molecule has 3 aromatic rings. The van der Waals surface area contributed by atoms with Crippen molar-refractivity contribution in [3.8, 4) is 11.8 Å². The highest BCUT2D eigenvalue weighted by Crippen LogP contribution is 2.38. The number of thiophene rings is 1. The minimum absolute atomic E-state index is 0.197. The lowest BCUT2D eigenvalue weighted by Gasteiger charge is -2.26. The molecule has 0 fully saturated rings. The van der Waals surface area contributed by atoms with E-state index < -0.39 is 0 Å². The van der Waals surface area contributed by atoms with Crippen LogP contribution in [0.5, 0.6) is 5.75 Å². The van der Waals surface area contributed by atoms with E-state index >= 15 is 0 Å². The third-order valence-electron chi connectivity index (χ3n) is 4.98. The van der Waals surface area contributed by atoms with Crippen LogP contribution < -0.4 is 0 Å². The number of aliphatic imine (C=N–C) groups is 1. The highest BCUT2D eigenvalue weighted by Gasteiger charge is 2.24. The molecule has 0 aliphatic carbocycles. The van der Waals surface area contributed by atoms with Crippen molar-refractivity contribution < 1.29 is 5.11 Å². The number of benzene rings is 2. The zero-order valence-corrected chi connectivity index (χ0v) is 16.5. The number of phenolic OH excluding ortho intramolecular Hbond substituents is 1. The second-order valence-electron chi connectivity index (χ2n) is 7.06. The number of aryl methyl sites for hydroxylation is 1. The normalized spacial score (nSPS) is 14.1. The van der Waals surface area contributed by atoms with Gasteiger partial charge in [0.15, 0.2) is 0 Å². The van der Waals surface area contributed by atoms with Gasteiger partial charge in [-0.15, -0.1) is 11.3 Å². The fraction of sp³-hybridized carbons (Fsp3) is 0.217. The molecule has 0 spiro atoms. The SMILES string of the molecule is Cc1ccc(O)c(/C=N/c2sc3c(c2C#N)CCN(Cc2ccccc2)C3)c1. The van der Waals surface area contributed by atoms with Crippen LogP contribution in [-0.2, 0) is 19.5 Å². The highest BCUT2D eigenvalue weighted by atomic mass is 32.1. The van der Waals surface area contributed by atoms with Crippen molar-refractivity contribution in [1.82, 2.24) is 4.90 Å². The smallest absolute Gasteiger partial charge is 0.134 e. The van der Waals surface area contributed by atoms with Gasteiger partial charge in [0.2, 0.25) is 0 Å². The zero-order valence-electron chi connectivity index (χ0n) is 15.7. The second-order valence-corrected chi connectivity index (χ2v) is 8.15. The topological polar surface area (TPSA) is 59.6 Å². The predicted octanol–water partition coefficient (Wildman–Crippen LogP) is 4.94. The largest absolute Gasteiger partial charge is 0.507 e. The van der Waals surface area contributed by atoms with Gasteiger partial charge in [0.25, 0.3) is 0 Å². The Balaban J connectivity index is 1.57. The molecule has 1 aromatic heterocycles. The number of hydrogen-bond acceptors (Lipinski definition) is 5. The van der Waals surface area contributed by atoms with Gasteiger partial charge in [-0.3, -0.25) is 4.90 Å². The molecule has 0 saturated heterocycles. The van der Waals surface area contributed by atoms with Gasteiger partial charge in [-0.1, -0.05) is 42.0 Å². The molecule has 4 rings (SSSR count). The fourth-order valence-electron chi connectivity index (χ4n) is 3.53. The first kappa shape index (κ1) is 18.4. The van der Waals surface area contributed by atoms with Gasteiger partial charge < -0.3 is 5.11 Å². The van der Waals surface area contributed by atoms with Crippen molar-refractivity contribution in [2.45, 2.75) is 26.4 Å². The van der Waals surface area contributed by atoms with Gasteiger partial charge in [0.1, 0.15) is 16.8 Å². The maximum Gasteiger partial charge on any atom is 0.134 e. The van der Waals surface area contributed by atoms with E-state index in [-0.39, 0.29) is 5.75 Å². The summed E-state index contributed by atoms with van der Waals surface area (Å²) < 4.78 is 0. The second kappa shape index (κ2) is 7.97. The van der Waals surface area contributed by atoms with E-state index in [1.165, 1.54) is 10.4 Å². The summed E-state index contributed by atoms with van der Waals surface area (Å²) >= 11 is 1.59. The van der Waals surface area contributed by atoms with E-state index in [1.807, 2.05) is 25.1 Å². The summed E-state index contributed by atoms with van der Waals surface area (Å²) in [4.78, 5) is 8.19. The van der Waals surface area contributed by atoms with E-state index in [0.717, 1.165) is 42.2 Å². The van der Waals surface area contributed by atoms with Gasteiger partial charge in [-0.2, -0.15) is 5.26 Å². The summed E-state index contributed by atoms with van der Waals surface area (Å²) in [5.41, 5.74) is 4.85. The first-order valence-electron chi connectivity index (χ1n) is 9.28. The summed E-state index contributed by atoms with van der Waals surface area (Å²) in [5, 5.41) is 20.4. The van der Waals surface area contributed by atoms with Gasteiger partial charge >= 0.3 is 0 Å². The molecule has 4 nitrogen and oxygen atoms in total. The van der Waals surface area contributed by atoms with Crippen molar-refractivity contribution in [2.75, 3.05) is 6.54 Å². The van der Waals surface area contributed by atoms with E-state index in [4.69, 9.17) is 0 Å². The van der Waals surface area contributed by atoms with Crippen LogP contribution >= 0.6 is 11.3 Å². The molecule has 0 saturated carbocycles. The maximum atomic E-state index is 10.0. The lowest BCUT2D eigenvalue weighted by atomic mass is 10.0. The highest BCUT2D eigenvalue weighted by molar-refractivity contribution is 7.16. The average molecular weight is 388 g/mol. The number of phenols is 1. The molecular weight excluding hydrogens is 366 g/mol. The number of nitriles is 1. The van der Waals surface area contributed by atoms with Gasteiger partial charge in [-0.25, -0.2) is 4.99 Å². The summed E-state index contributed by atoms with van der Waals surface area (Å²) in [6.45, 7) is 4.67. The average Bonchev–Trinajstić information content (AvgIpc) is 3.06. The molecule has 0 amide bonds. The zero-order chi connectivity index (χ0) is 19.5. The number of rotatable bonds is 4. The van der Waals surface area contributed by atoms with E-state index in [2.05, 4.69) is 40.2 Å². The Bertz CT molecular complexity index is 1060. The van der Waals surface area contributed by atoms with Crippen molar-refractivity contribution >= 4 is 22.6 Å². The molecule has 140 valence electrons. The Morgan fingerprint density at radius 3 is 2.86 bits per heavy atom. The monoisotopic (exact) mass is 387 g/mol. The first-order chi connectivity index (χ1) is 13.6. The van der Waals surface area contributed by atoms with Crippen LogP contribution in [0.2, 0.25) is 0 Å². The summed E-state index contributed by atoms with van der Waals surface area (Å²) in [7, 11) is 0. The molecule has 0 bridgehead atoms. The lowest BCUT2D eigenvalue weighted by Crippen LogP contribution is -2.29. The molecule has 1 N–H and O–H groups in total. The molecule has 0 atom stereocenters.